The SMILES string of the molecule is Cc1cc(C)cc(C(=O)NCCc2cccc3c(CC(C)(C)C)csc23)c1.Cc1cc(C)cc(C2=NCCc3c2ccc2c(CC(C)(C)C)csc32)c1. The van der Waals surface area contributed by atoms with E-state index in [2.05, 4.69) is 126 Å². The number of thiophene rings is 2. The number of aryl methyl sites for hydroxylation is 4. The Labute approximate surface area is 325 Å². The molecule has 276 valence electrons. The Balaban J connectivity index is 0.000000181. The van der Waals surface area contributed by atoms with Crippen molar-refractivity contribution in [3.63, 3.8) is 0 Å². The molecule has 0 spiro atoms. The summed E-state index contributed by atoms with van der Waals surface area (Å²) in [5.74, 6) is 0.00794. The zero-order valence-electron chi connectivity index (χ0n) is 33.4. The van der Waals surface area contributed by atoms with Gasteiger partial charge in [0.25, 0.3) is 5.91 Å². The molecule has 2 aromatic heterocycles. The summed E-state index contributed by atoms with van der Waals surface area (Å²) >= 11 is 3.75. The number of rotatable bonds is 7. The Hall–Kier alpha value is -4.06. The minimum absolute atomic E-state index is 0.00794. The molecule has 0 atom stereocenters. The Kier molecular flexibility index (Phi) is 11.5. The van der Waals surface area contributed by atoms with Gasteiger partial charge in [0.2, 0.25) is 0 Å². The summed E-state index contributed by atoms with van der Waals surface area (Å²) in [6.45, 7) is 23.7. The first kappa shape index (κ1) is 38.7. The summed E-state index contributed by atoms with van der Waals surface area (Å²) in [4.78, 5) is 17.4. The summed E-state index contributed by atoms with van der Waals surface area (Å²) in [5, 5.41) is 10.6. The Bertz CT molecular complexity index is 2260. The number of hydrogen-bond acceptors (Lipinski definition) is 4. The predicted octanol–water partition coefficient (Wildman–Crippen LogP) is 12.6. The Morgan fingerprint density at radius 1 is 0.698 bits per heavy atom. The maximum absolute atomic E-state index is 12.5. The largest absolute Gasteiger partial charge is 0.352 e. The third kappa shape index (κ3) is 9.55. The predicted molar refractivity (Wildman–Crippen MR) is 232 cm³/mol. The van der Waals surface area contributed by atoms with E-state index >= 15 is 0 Å². The van der Waals surface area contributed by atoms with Crippen LogP contribution in [0, 0.1) is 38.5 Å². The fourth-order valence-electron chi connectivity index (χ4n) is 7.70. The van der Waals surface area contributed by atoms with Crippen LogP contribution in [0.2, 0.25) is 0 Å². The zero-order valence-corrected chi connectivity index (χ0v) is 35.1. The van der Waals surface area contributed by atoms with Crippen molar-refractivity contribution in [3.05, 3.63) is 139 Å². The van der Waals surface area contributed by atoms with Crippen LogP contribution in [0.25, 0.3) is 20.2 Å². The standard InChI is InChI=1S/C24H29NOS.C24H27NS/c1-16-11-17(2)13-19(12-16)23(26)25-10-9-18-7-6-8-21-20(14-24(3,4)5)15-27-22(18)21;1-15-10-16(2)12-17(11-15)22-20-7-6-19-18(13-24(3,4)5)14-26-23(19)21(20)8-9-25-22/h6-8,11-13,15H,9-10,14H2,1-5H3,(H,25,26);6-7,10-12,14H,8-9,13H2,1-5H3. The molecule has 1 aliphatic heterocycles. The number of carbonyl (C=O) groups is 1. The van der Waals surface area contributed by atoms with Crippen molar-refractivity contribution < 1.29 is 4.79 Å². The van der Waals surface area contributed by atoms with Crippen molar-refractivity contribution in [1.29, 1.82) is 0 Å². The highest BCUT2D eigenvalue weighted by atomic mass is 32.1. The third-order valence-electron chi connectivity index (χ3n) is 9.67. The molecule has 1 aliphatic rings. The number of nitrogens with zero attached hydrogens (tertiary/aromatic N) is 1. The van der Waals surface area contributed by atoms with E-state index in [1.54, 1.807) is 0 Å². The number of hydrogen-bond donors (Lipinski definition) is 1. The van der Waals surface area contributed by atoms with Gasteiger partial charge in [-0.1, -0.05) is 106 Å². The fourth-order valence-corrected chi connectivity index (χ4v) is 9.97. The molecule has 0 fully saturated rings. The highest BCUT2D eigenvalue weighted by molar-refractivity contribution is 7.18. The monoisotopic (exact) mass is 740 g/mol. The van der Waals surface area contributed by atoms with Gasteiger partial charge in [0.05, 0.1) is 5.71 Å². The van der Waals surface area contributed by atoms with Crippen LogP contribution in [0.4, 0.5) is 0 Å². The van der Waals surface area contributed by atoms with Gasteiger partial charge in [-0.05, 0) is 132 Å². The van der Waals surface area contributed by atoms with E-state index in [1.165, 1.54) is 70.4 Å². The summed E-state index contributed by atoms with van der Waals surface area (Å²) in [5.41, 5.74) is 15.7. The van der Waals surface area contributed by atoms with Gasteiger partial charge in [-0.3, -0.25) is 9.79 Å². The van der Waals surface area contributed by atoms with Gasteiger partial charge in [0.15, 0.2) is 0 Å². The molecule has 3 heterocycles. The lowest BCUT2D eigenvalue weighted by molar-refractivity contribution is 0.0954. The molecule has 0 bridgehead atoms. The van der Waals surface area contributed by atoms with E-state index in [-0.39, 0.29) is 11.3 Å². The number of nitrogens with one attached hydrogen (secondary N) is 1. The maximum Gasteiger partial charge on any atom is 0.251 e. The molecule has 1 amide bonds. The molecule has 0 unspecified atom stereocenters. The van der Waals surface area contributed by atoms with Crippen molar-refractivity contribution in [2.24, 2.45) is 15.8 Å². The number of fused-ring (bicyclic) bond motifs is 4. The van der Waals surface area contributed by atoms with E-state index in [9.17, 15) is 4.79 Å². The minimum atomic E-state index is 0.00794. The number of amides is 1. The average molecular weight is 741 g/mol. The Morgan fingerprint density at radius 3 is 1.87 bits per heavy atom. The second-order valence-corrected chi connectivity index (χ2v) is 19.3. The lowest BCUT2D eigenvalue weighted by Crippen LogP contribution is -2.25. The van der Waals surface area contributed by atoms with Crippen LogP contribution in [0.1, 0.15) is 108 Å². The highest BCUT2D eigenvalue weighted by Crippen LogP contribution is 2.37. The highest BCUT2D eigenvalue weighted by Gasteiger charge is 2.22. The fraction of sp³-hybridized carbons (Fsp3) is 0.375. The Morgan fingerprint density at radius 2 is 1.26 bits per heavy atom. The molecule has 5 heteroatoms. The third-order valence-corrected chi connectivity index (χ3v) is 11.9. The first-order valence-corrected chi connectivity index (χ1v) is 20.8. The molecule has 1 N–H and O–H groups in total. The van der Waals surface area contributed by atoms with Crippen LogP contribution < -0.4 is 5.32 Å². The van der Waals surface area contributed by atoms with Crippen LogP contribution in [0.5, 0.6) is 0 Å². The minimum Gasteiger partial charge on any atom is -0.352 e. The first-order chi connectivity index (χ1) is 25.0. The molecular formula is C48H56N2OS2. The number of carbonyl (C=O) groups excluding carboxylic acids is 1. The smallest absolute Gasteiger partial charge is 0.251 e. The second kappa shape index (κ2) is 15.7. The van der Waals surface area contributed by atoms with Gasteiger partial charge < -0.3 is 5.32 Å². The summed E-state index contributed by atoms with van der Waals surface area (Å²) < 4.78 is 2.83. The maximum atomic E-state index is 12.5. The van der Waals surface area contributed by atoms with Gasteiger partial charge >= 0.3 is 0 Å². The molecule has 4 aromatic carbocycles. The normalized spacial score (nSPS) is 13.1. The van der Waals surface area contributed by atoms with E-state index < -0.39 is 0 Å². The topological polar surface area (TPSA) is 41.5 Å². The van der Waals surface area contributed by atoms with Crippen LogP contribution >= 0.6 is 22.7 Å². The van der Waals surface area contributed by atoms with E-state index in [0.717, 1.165) is 48.9 Å². The van der Waals surface area contributed by atoms with Gasteiger partial charge in [0, 0.05) is 39.2 Å². The summed E-state index contributed by atoms with van der Waals surface area (Å²) in [7, 11) is 0. The molecule has 0 saturated carbocycles. The molecule has 6 aromatic rings. The van der Waals surface area contributed by atoms with Crippen molar-refractivity contribution in [2.75, 3.05) is 13.1 Å². The number of aliphatic imine (C=N–C) groups is 1. The number of benzene rings is 4. The van der Waals surface area contributed by atoms with Crippen LogP contribution in [0.3, 0.4) is 0 Å². The molecule has 0 aliphatic carbocycles. The van der Waals surface area contributed by atoms with E-state index in [4.69, 9.17) is 4.99 Å². The van der Waals surface area contributed by atoms with E-state index in [0.29, 0.717) is 12.0 Å². The van der Waals surface area contributed by atoms with Crippen molar-refractivity contribution >= 4 is 54.5 Å². The van der Waals surface area contributed by atoms with Crippen molar-refractivity contribution in [3.8, 4) is 0 Å². The van der Waals surface area contributed by atoms with Crippen LogP contribution in [-0.2, 0) is 25.7 Å². The molecule has 3 nitrogen and oxygen atoms in total. The summed E-state index contributed by atoms with van der Waals surface area (Å²) in [6.07, 6.45) is 4.11. The van der Waals surface area contributed by atoms with Gasteiger partial charge in [-0.2, -0.15) is 0 Å². The van der Waals surface area contributed by atoms with Gasteiger partial charge in [-0.15, -0.1) is 22.7 Å². The summed E-state index contributed by atoms with van der Waals surface area (Å²) in [6, 6.07) is 23.9. The molecule has 0 saturated heterocycles. The quantitative estimate of drug-likeness (QED) is 0.174. The van der Waals surface area contributed by atoms with Crippen molar-refractivity contribution in [1.82, 2.24) is 5.32 Å². The molecular weight excluding hydrogens is 685 g/mol. The van der Waals surface area contributed by atoms with Gasteiger partial charge in [-0.25, -0.2) is 0 Å². The second-order valence-electron chi connectivity index (χ2n) is 17.5. The van der Waals surface area contributed by atoms with E-state index in [1.807, 2.05) is 48.7 Å². The van der Waals surface area contributed by atoms with Crippen LogP contribution in [-0.4, -0.2) is 24.7 Å². The van der Waals surface area contributed by atoms with Gasteiger partial charge in [0.1, 0.15) is 0 Å². The van der Waals surface area contributed by atoms with Crippen molar-refractivity contribution in [2.45, 2.75) is 94.9 Å². The average Bonchev–Trinajstić information content (AvgIpc) is 3.66. The molecule has 53 heavy (non-hydrogen) atoms. The zero-order chi connectivity index (χ0) is 38.1. The first-order valence-electron chi connectivity index (χ1n) is 19.0. The lowest BCUT2D eigenvalue weighted by Gasteiger charge is -2.20. The lowest BCUT2D eigenvalue weighted by atomic mass is 9.86. The molecule has 7 rings (SSSR count). The molecule has 0 radical (unpaired) electrons. The van der Waals surface area contributed by atoms with Crippen LogP contribution in [0.15, 0.2) is 82.5 Å².